The van der Waals surface area contributed by atoms with Crippen LogP contribution in [0.1, 0.15) is 0 Å². The number of ether oxygens (including phenoxy) is 1. The molecule has 0 saturated heterocycles. The van der Waals surface area contributed by atoms with Crippen molar-refractivity contribution in [1.29, 1.82) is 0 Å². The van der Waals surface area contributed by atoms with Gasteiger partial charge < -0.3 is 4.74 Å². The largest absolute Gasteiger partial charge is 0.448 e. The van der Waals surface area contributed by atoms with Crippen molar-refractivity contribution in [3.63, 3.8) is 0 Å². The van der Waals surface area contributed by atoms with Crippen LogP contribution in [-0.2, 0) is 4.74 Å². The second-order valence-electron chi connectivity index (χ2n) is 4.92. The Labute approximate surface area is 164 Å². The van der Waals surface area contributed by atoms with Gasteiger partial charge in [-0.25, -0.2) is 9.42 Å². The summed E-state index contributed by atoms with van der Waals surface area (Å²) < 4.78 is 10.7. The van der Waals surface area contributed by atoms with Gasteiger partial charge in [-0.1, -0.05) is 6.07 Å². The predicted octanol–water partition coefficient (Wildman–Crippen LogP) is 4.08. The topological polar surface area (TPSA) is 120 Å². The van der Waals surface area contributed by atoms with Crippen molar-refractivity contribution in [2.45, 2.75) is 4.90 Å². The number of amides is 1. The Morgan fingerprint density at radius 3 is 2.88 bits per heavy atom. The van der Waals surface area contributed by atoms with E-state index < -0.39 is 11.0 Å². The average molecular weight is 486 g/mol. The van der Waals surface area contributed by atoms with Gasteiger partial charge >= 0.3 is 11.8 Å². The molecule has 0 bridgehead atoms. The first-order chi connectivity index (χ1) is 12.5. The number of nitrogens with one attached hydrogen (secondary N) is 1. The van der Waals surface area contributed by atoms with E-state index >= 15 is 0 Å². The number of nitrogens with zero attached hydrogens (tertiary/aromatic N) is 3. The van der Waals surface area contributed by atoms with E-state index in [1.807, 2.05) is 18.2 Å². The fraction of sp³-hybridized carbons (Fsp3) is 0.133. The molecule has 0 radical (unpaired) electrons. The number of halogens is 1. The highest BCUT2D eigenvalue weighted by molar-refractivity contribution is 14.1. The molecule has 3 aromatic rings. The Kier molecular flexibility index (Phi) is 5.88. The molecule has 1 aromatic heterocycles. The Balaban J connectivity index is 1.53. The van der Waals surface area contributed by atoms with Gasteiger partial charge in [0.2, 0.25) is 5.52 Å². The molecule has 0 aliphatic carbocycles. The first-order valence-electron chi connectivity index (χ1n) is 7.26. The number of aromatic nitrogens is 2. The van der Waals surface area contributed by atoms with Crippen LogP contribution in [0.25, 0.3) is 11.0 Å². The minimum absolute atomic E-state index is 0.0948. The molecule has 3 rings (SSSR count). The number of carbonyl (C=O) groups excluding carboxylic acids is 1. The quantitative estimate of drug-likeness (QED) is 0.182. The summed E-state index contributed by atoms with van der Waals surface area (Å²) >= 11 is 3.48. The Morgan fingerprint density at radius 2 is 2.12 bits per heavy atom. The molecule has 1 amide bonds. The van der Waals surface area contributed by atoms with Gasteiger partial charge in [0.25, 0.3) is 0 Å². The highest BCUT2D eigenvalue weighted by atomic mass is 127. The van der Waals surface area contributed by atoms with E-state index in [4.69, 9.17) is 4.74 Å². The lowest BCUT2D eigenvalue weighted by Crippen LogP contribution is -2.15. The molecule has 2 aromatic carbocycles. The van der Waals surface area contributed by atoms with Crippen LogP contribution in [0, 0.1) is 13.7 Å². The van der Waals surface area contributed by atoms with Crippen molar-refractivity contribution in [2.24, 2.45) is 0 Å². The normalized spacial score (nSPS) is 10.7. The van der Waals surface area contributed by atoms with Crippen molar-refractivity contribution in [3.8, 4) is 0 Å². The summed E-state index contributed by atoms with van der Waals surface area (Å²) in [5, 5.41) is 20.9. The molecule has 0 atom stereocenters. The second kappa shape index (κ2) is 8.31. The lowest BCUT2D eigenvalue weighted by molar-refractivity contribution is -0.383. The lowest BCUT2D eigenvalue weighted by atomic mass is 10.3. The number of thioether (sulfide) groups is 1. The summed E-state index contributed by atoms with van der Waals surface area (Å²) in [6.45, 7) is 0.157. The van der Waals surface area contributed by atoms with Gasteiger partial charge in [0.15, 0.2) is 5.52 Å². The van der Waals surface area contributed by atoms with Crippen LogP contribution in [-0.4, -0.2) is 33.7 Å². The van der Waals surface area contributed by atoms with E-state index in [0.717, 1.165) is 3.57 Å². The van der Waals surface area contributed by atoms with Gasteiger partial charge in [-0.15, -0.1) is 11.8 Å². The van der Waals surface area contributed by atoms with E-state index in [2.05, 4.69) is 42.9 Å². The average Bonchev–Trinajstić information content (AvgIpc) is 3.08. The molecule has 0 spiro atoms. The standard InChI is InChI=1S/C15H11IN4O5S/c16-9-2-1-3-10(8-9)17-15(21)24-6-7-26-12-5-4-11(20(22)23)13-14(12)19-25-18-13/h1-5,8H,6-7H2,(H,17,21). The first-order valence-corrected chi connectivity index (χ1v) is 9.33. The van der Waals surface area contributed by atoms with Crippen LogP contribution in [0.15, 0.2) is 45.9 Å². The molecule has 134 valence electrons. The maximum absolute atomic E-state index is 11.8. The Morgan fingerprint density at radius 1 is 1.31 bits per heavy atom. The summed E-state index contributed by atoms with van der Waals surface area (Å²) in [5.41, 5.74) is 0.892. The number of fused-ring (bicyclic) bond motifs is 1. The molecule has 1 N–H and O–H groups in total. The van der Waals surface area contributed by atoms with E-state index in [9.17, 15) is 14.9 Å². The lowest BCUT2D eigenvalue weighted by Gasteiger charge is -2.07. The third-order valence-corrected chi connectivity index (χ3v) is 4.88. The minimum atomic E-state index is -0.551. The molecule has 0 fully saturated rings. The maximum Gasteiger partial charge on any atom is 0.411 e. The molecular weight excluding hydrogens is 475 g/mol. The van der Waals surface area contributed by atoms with Crippen LogP contribution in [0.4, 0.5) is 16.2 Å². The third kappa shape index (κ3) is 4.40. The summed E-state index contributed by atoms with van der Waals surface area (Å²) in [4.78, 5) is 22.8. The number of anilines is 1. The van der Waals surface area contributed by atoms with E-state index in [1.54, 1.807) is 12.1 Å². The zero-order chi connectivity index (χ0) is 18.5. The van der Waals surface area contributed by atoms with Gasteiger partial charge in [0.1, 0.15) is 6.61 Å². The van der Waals surface area contributed by atoms with Gasteiger partial charge in [-0.3, -0.25) is 15.4 Å². The zero-order valence-corrected chi connectivity index (χ0v) is 16.0. The van der Waals surface area contributed by atoms with Crippen molar-refractivity contribution in [2.75, 3.05) is 17.7 Å². The summed E-state index contributed by atoms with van der Waals surface area (Å²) in [5.74, 6) is 0.444. The number of nitro benzene ring substituents is 1. The zero-order valence-electron chi connectivity index (χ0n) is 13.0. The highest BCUT2D eigenvalue weighted by Gasteiger charge is 2.19. The molecular formula is C15H11IN4O5S. The van der Waals surface area contributed by atoms with Crippen LogP contribution in [0.2, 0.25) is 0 Å². The van der Waals surface area contributed by atoms with Crippen molar-refractivity contribution < 1.29 is 19.1 Å². The van der Waals surface area contributed by atoms with Gasteiger partial charge in [0.05, 0.1) is 4.92 Å². The first kappa shape index (κ1) is 18.4. The van der Waals surface area contributed by atoms with Crippen molar-refractivity contribution in [1.82, 2.24) is 10.3 Å². The Hall–Kier alpha value is -2.41. The van der Waals surface area contributed by atoms with Crippen LogP contribution < -0.4 is 5.32 Å². The minimum Gasteiger partial charge on any atom is -0.448 e. The molecule has 0 unspecified atom stereocenters. The summed E-state index contributed by atoms with van der Waals surface area (Å²) in [7, 11) is 0. The van der Waals surface area contributed by atoms with Crippen molar-refractivity contribution in [3.05, 3.63) is 50.1 Å². The van der Waals surface area contributed by atoms with Gasteiger partial charge in [-0.05, 0) is 57.2 Å². The maximum atomic E-state index is 11.8. The summed E-state index contributed by atoms with van der Waals surface area (Å²) in [6.07, 6.45) is -0.551. The summed E-state index contributed by atoms with van der Waals surface area (Å²) in [6, 6.07) is 10.3. The molecule has 1 heterocycles. The predicted molar refractivity (Wildman–Crippen MR) is 103 cm³/mol. The molecule has 26 heavy (non-hydrogen) atoms. The fourth-order valence-electron chi connectivity index (χ4n) is 2.10. The molecule has 11 heteroatoms. The number of benzene rings is 2. The molecule has 0 aliphatic heterocycles. The monoisotopic (exact) mass is 486 g/mol. The van der Waals surface area contributed by atoms with Crippen molar-refractivity contribution >= 4 is 62.9 Å². The number of hydrogen-bond donors (Lipinski definition) is 1. The van der Waals surface area contributed by atoms with Gasteiger partial charge in [-0.2, -0.15) is 0 Å². The fourth-order valence-corrected chi connectivity index (χ4v) is 3.47. The molecule has 0 saturated carbocycles. The molecule has 0 aliphatic rings. The second-order valence-corrected chi connectivity index (χ2v) is 7.30. The number of nitro groups is 1. The van der Waals surface area contributed by atoms with Gasteiger partial charge in [0, 0.05) is 26.0 Å². The van der Waals surface area contributed by atoms with Crippen LogP contribution >= 0.6 is 34.4 Å². The van der Waals surface area contributed by atoms with E-state index in [0.29, 0.717) is 21.9 Å². The number of carbonyl (C=O) groups is 1. The number of non-ortho nitro benzene ring substituents is 1. The highest BCUT2D eigenvalue weighted by Crippen LogP contribution is 2.31. The van der Waals surface area contributed by atoms with E-state index in [-0.39, 0.29) is 17.8 Å². The SMILES string of the molecule is O=C(Nc1cccc(I)c1)OCCSc1ccc([N+](=O)[O-])c2nonc12. The number of rotatable bonds is 6. The van der Waals surface area contributed by atoms with Crippen LogP contribution in [0.5, 0.6) is 0 Å². The third-order valence-electron chi connectivity index (χ3n) is 3.20. The molecule has 9 nitrogen and oxygen atoms in total. The number of hydrogen-bond acceptors (Lipinski definition) is 8. The Bertz CT molecular complexity index is 964. The van der Waals surface area contributed by atoms with Crippen LogP contribution in [0.3, 0.4) is 0 Å². The smallest absolute Gasteiger partial charge is 0.411 e. The van der Waals surface area contributed by atoms with E-state index in [1.165, 1.54) is 17.8 Å².